The molecule has 3 aromatic rings. The lowest BCUT2D eigenvalue weighted by atomic mass is 10.3. The van der Waals surface area contributed by atoms with Crippen molar-refractivity contribution in [2.75, 3.05) is 0 Å². The van der Waals surface area contributed by atoms with Gasteiger partial charge >= 0.3 is 0 Å². The number of aromatic amines is 1. The lowest BCUT2D eigenvalue weighted by Crippen LogP contribution is -2.02. The van der Waals surface area contributed by atoms with Crippen LogP contribution >= 0.6 is 54.5 Å². The molecule has 0 saturated carbocycles. The Morgan fingerprint density at radius 3 is 2.59 bits per heavy atom. The molecule has 0 amide bonds. The molecule has 3 aromatic heterocycles. The first-order valence-electron chi connectivity index (χ1n) is 4.57. The molecule has 0 bridgehead atoms. The molecule has 3 nitrogen and oxygen atoms in total. The zero-order valence-corrected chi connectivity index (χ0v) is 13.0. The fraction of sp³-hybridized carbons (Fsp3) is 0. The van der Waals surface area contributed by atoms with Crippen LogP contribution in [0.25, 0.3) is 20.0 Å². The quantitative estimate of drug-likeness (QED) is 0.674. The Kier molecular flexibility index (Phi) is 2.94. The lowest BCUT2D eigenvalue weighted by Gasteiger charge is -1.85. The highest BCUT2D eigenvalue weighted by atomic mass is 79.9. The van der Waals surface area contributed by atoms with Gasteiger partial charge < -0.3 is 4.98 Å². The van der Waals surface area contributed by atoms with Crippen LogP contribution in [0.3, 0.4) is 0 Å². The summed E-state index contributed by atoms with van der Waals surface area (Å²) >= 11 is 10.0. The molecule has 0 aliphatic heterocycles. The van der Waals surface area contributed by atoms with Crippen molar-refractivity contribution in [2.24, 2.45) is 0 Å². The van der Waals surface area contributed by atoms with Gasteiger partial charge in [-0.3, -0.25) is 4.79 Å². The SMILES string of the molecule is O=c1[nH]cnc2cc(-c3cc(Br)c(Br)s3)sc12. The molecule has 86 valence electrons. The summed E-state index contributed by atoms with van der Waals surface area (Å²) in [5, 5.41) is 0. The molecule has 0 spiro atoms. The summed E-state index contributed by atoms with van der Waals surface area (Å²) in [5.41, 5.74) is 0.662. The molecule has 0 unspecified atom stereocenters. The number of nitrogens with one attached hydrogen (secondary N) is 1. The van der Waals surface area contributed by atoms with Crippen LogP contribution in [-0.4, -0.2) is 9.97 Å². The van der Waals surface area contributed by atoms with Gasteiger partial charge in [0, 0.05) is 14.2 Å². The van der Waals surface area contributed by atoms with Crippen molar-refractivity contribution in [3.8, 4) is 9.75 Å². The normalized spacial score (nSPS) is 11.2. The summed E-state index contributed by atoms with van der Waals surface area (Å²) in [4.78, 5) is 20.5. The zero-order chi connectivity index (χ0) is 12.0. The molecular formula is C10H4Br2N2OS2. The van der Waals surface area contributed by atoms with E-state index in [4.69, 9.17) is 0 Å². The molecule has 0 fully saturated rings. The van der Waals surface area contributed by atoms with Gasteiger partial charge in [0.2, 0.25) is 0 Å². The van der Waals surface area contributed by atoms with Crippen LogP contribution in [0.5, 0.6) is 0 Å². The molecule has 0 atom stereocenters. The number of H-pyrrole nitrogens is 1. The maximum absolute atomic E-state index is 11.6. The standard InChI is InChI=1S/C10H4Br2N2OS2/c11-4-1-6(17-9(4)12)7-2-5-8(16-7)10(15)14-3-13-5/h1-3H,(H,13,14,15). The van der Waals surface area contributed by atoms with E-state index in [2.05, 4.69) is 41.8 Å². The number of nitrogens with zero attached hydrogens (tertiary/aromatic N) is 1. The van der Waals surface area contributed by atoms with E-state index >= 15 is 0 Å². The highest BCUT2D eigenvalue weighted by molar-refractivity contribution is 9.13. The predicted molar refractivity (Wildman–Crippen MR) is 79.0 cm³/mol. The third kappa shape index (κ3) is 2.01. The Hall–Kier alpha value is -0.500. The summed E-state index contributed by atoms with van der Waals surface area (Å²) in [6.45, 7) is 0. The molecule has 7 heteroatoms. The summed E-state index contributed by atoms with van der Waals surface area (Å²) in [6.07, 6.45) is 1.43. The molecule has 3 heterocycles. The van der Waals surface area contributed by atoms with Gasteiger partial charge in [-0.15, -0.1) is 22.7 Å². The van der Waals surface area contributed by atoms with Crippen molar-refractivity contribution < 1.29 is 0 Å². The molecule has 1 N–H and O–H groups in total. The van der Waals surface area contributed by atoms with Crippen molar-refractivity contribution >= 4 is 64.8 Å². The van der Waals surface area contributed by atoms with E-state index in [0.29, 0.717) is 4.70 Å². The number of rotatable bonds is 1. The van der Waals surface area contributed by atoms with E-state index in [0.717, 1.165) is 23.5 Å². The monoisotopic (exact) mass is 390 g/mol. The minimum atomic E-state index is -0.0825. The number of thiophene rings is 2. The highest BCUT2D eigenvalue weighted by Crippen LogP contribution is 2.41. The Labute approximate surface area is 121 Å². The Morgan fingerprint density at radius 2 is 1.94 bits per heavy atom. The van der Waals surface area contributed by atoms with Crippen LogP contribution < -0.4 is 5.56 Å². The minimum Gasteiger partial charge on any atom is -0.312 e. The van der Waals surface area contributed by atoms with Gasteiger partial charge in [-0.05, 0) is 44.0 Å². The van der Waals surface area contributed by atoms with Crippen molar-refractivity contribution in [2.45, 2.75) is 0 Å². The van der Waals surface area contributed by atoms with Crippen LogP contribution in [0.2, 0.25) is 0 Å². The van der Waals surface area contributed by atoms with Crippen LogP contribution in [0, 0.1) is 0 Å². The van der Waals surface area contributed by atoms with Gasteiger partial charge in [0.05, 0.1) is 15.6 Å². The molecule has 0 radical (unpaired) electrons. The molecule has 3 rings (SSSR count). The van der Waals surface area contributed by atoms with Gasteiger partial charge in [0.15, 0.2) is 0 Å². The van der Waals surface area contributed by atoms with E-state index < -0.39 is 0 Å². The Balaban J connectivity index is 2.25. The first-order chi connectivity index (χ1) is 8.15. The van der Waals surface area contributed by atoms with Gasteiger partial charge in [-0.2, -0.15) is 0 Å². The van der Waals surface area contributed by atoms with Crippen LogP contribution in [0.4, 0.5) is 0 Å². The smallest absolute Gasteiger partial charge is 0.268 e. The summed E-state index contributed by atoms with van der Waals surface area (Å²) in [5.74, 6) is 0. The first-order valence-corrected chi connectivity index (χ1v) is 7.79. The predicted octanol–water partition coefficient (Wildman–Crippen LogP) is 4.24. The third-order valence-corrected chi connectivity index (χ3v) is 6.78. The molecule has 0 aromatic carbocycles. The molecule has 0 aliphatic carbocycles. The van der Waals surface area contributed by atoms with Gasteiger partial charge in [0.25, 0.3) is 5.56 Å². The van der Waals surface area contributed by atoms with Crippen LogP contribution in [0.15, 0.2) is 31.5 Å². The van der Waals surface area contributed by atoms with Crippen LogP contribution in [0.1, 0.15) is 0 Å². The second-order valence-electron chi connectivity index (χ2n) is 3.29. The number of aromatic nitrogens is 2. The molecule has 0 saturated heterocycles. The van der Waals surface area contributed by atoms with Crippen LogP contribution in [-0.2, 0) is 0 Å². The molecular weight excluding hydrogens is 388 g/mol. The van der Waals surface area contributed by atoms with Crippen molar-refractivity contribution in [1.29, 1.82) is 0 Å². The average molecular weight is 392 g/mol. The molecule has 0 aliphatic rings. The van der Waals surface area contributed by atoms with E-state index in [9.17, 15) is 4.79 Å². The van der Waals surface area contributed by atoms with E-state index in [-0.39, 0.29) is 5.56 Å². The number of hydrogen-bond acceptors (Lipinski definition) is 4. The Bertz CT molecular complexity index is 740. The van der Waals surface area contributed by atoms with Crippen molar-refractivity contribution in [3.05, 3.63) is 37.1 Å². The molecule has 17 heavy (non-hydrogen) atoms. The van der Waals surface area contributed by atoms with Crippen molar-refractivity contribution in [1.82, 2.24) is 9.97 Å². The Morgan fingerprint density at radius 1 is 1.18 bits per heavy atom. The fourth-order valence-electron chi connectivity index (χ4n) is 1.46. The number of halogens is 2. The highest BCUT2D eigenvalue weighted by Gasteiger charge is 2.11. The maximum Gasteiger partial charge on any atom is 0.268 e. The third-order valence-electron chi connectivity index (χ3n) is 2.21. The second kappa shape index (κ2) is 4.31. The van der Waals surface area contributed by atoms with Gasteiger partial charge in [-0.25, -0.2) is 4.98 Å². The fourth-order valence-corrected chi connectivity index (χ4v) is 4.57. The van der Waals surface area contributed by atoms with Gasteiger partial charge in [0.1, 0.15) is 4.70 Å². The van der Waals surface area contributed by atoms with Gasteiger partial charge in [-0.1, -0.05) is 0 Å². The zero-order valence-electron chi connectivity index (χ0n) is 8.16. The van der Waals surface area contributed by atoms with E-state index in [1.807, 2.05) is 12.1 Å². The second-order valence-corrected chi connectivity index (χ2v) is 7.57. The first kappa shape index (κ1) is 11.6. The topological polar surface area (TPSA) is 45.8 Å². The van der Waals surface area contributed by atoms with E-state index in [1.54, 1.807) is 11.3 Å². The van der Waals surface area contributed by atoms with E-state index in [1.165, 1.54) is 17.7 Å². The summed E-state index contributed by atoms with van der Waals surface area (Å²) in [6, 6.07) is 3.98. The summed E-state index contributed by atoms with van der Waals surface area (Å²) in [7, 11) is 0. The average Bonchev–Trinajstić information content (AvgIpc) is 2.85. The minimum absolute atomic E-state index is 0.0825. The van der Waals surface area contributed by atoms with Crippen molar-refractivity contribution in [3.63, 3.8) is 0 Å². The summed E-state index contributed by atoms with van der Waals surface area (Å²) < 4.78 is 2.74. The maximum atomic E-state index is 11.6. The lowest BCUT2D eigenvalue weighted by molar-refractivity contribution is 1.18. The number of hydrogen-bond donors (Lipinski definition) is 1. The largest absolute Gasteiger partial charge is 0.312 e. The number of fused-ring (bicyclic) bond motifs is 1.